The summed E-state index contributed by atoms with van der Waals surface area (Å²) >= 11 is 7.84. The maximum Gasteiger partial charge on any atom is 0.198 e. The molecule has 1 aliphatic heterocycles. The van der Waals surface area contributed by atoms with E-state index in [2.05, 4.69) is 28.1 Å². The van der Waals surface area contributed by atoms with Crippen molar-refractivity contribution in [1.29, 1.82) is 0 Å². The van der Waals surface area contributed by atoms with Gasteiger partial charge in [-0.15, -0.1) is 11.3 Å². The van der Waals surface area contributed by atoms with E-state index in [0.29, 0.717) is 10.9 Å². The Morgan fingerprint density at radius 1 is 1.08 bits per heavy atom. The SMILES string of the molecule is Clc1ccc2oc(C3CCN(Cc4nc5ccccc5s4)CC3)nc2c1. The Morgan fingerprint density at radius 3 is 2.77 bits per heavy atom. The van der Waals surface area contributed by atoms with Gasteiger partial charge in [0.05, 0.1) is 16.8 Å². The van der Waals surface area contributed by atoms with Gasteiger partial charge in [0.2, 0.25) is 0 Å². The quantitative estimate of drug-likeness (QED) is 0.470. The number of halogens is 1. The van der Waals surface area contributed by atoms with Crippen LogP contribution in [0, 0.1) is 0 Å². The van der Waals surface area contributed by atoms with Crippen molar-refractivity contribution in [1.82, 2.24) is 14.9 Å². The smallest absolute Gasteiger partial charge is 0.198 e. The van der Waals surface area contributed by atoms with Gasteiger partial charge in [0.1, 0.15) is 10.5 Å². The summed E-state index contributed by atoms with van der Waals surface area (Å²) in [5.74, 6) is 1.23. The number of likely N-dealkylation sites (tertiary alicyclic amines) is 1. The Balaban J connectivity index is 1.26. The lowest BCUT2D eigenvalue weighted by atomic mass is 9.97. The predicted molar refractivity (Wildman–Crippen MR) is 106 cm³/mol. The molecule has 0 N–H and O–H groups in total. The van der Waals surface area contributed by atoms with E-state index in [9.17, 15) is 0 Å². The van der Waals surface area contributed by atoms with Gasteiger partial charge in [0.15, 0.2) is 11.5 Å². The number of hydrogen-bond acceptors (Lipinski definition) is 5. The molecule has 5 rings (SSSR count). The number of rotatable bonds is 3. The van der Waals surface area contributed by atoms with Gasteiger partial charge in [0.25, 0.3) is 0 Å². The van der Waals surface area contributed by atoms with Gasteiger partial charge in [-0.3, -0.25) is 4.90 Å². The van der Waals surface area contributed by atoms with E-state index < -0.39 is 0 Å². The van der Waals surface area contributed by atoms with Crippen LogP contribution in [0.3, 0.4) is 0 Å². The number of para-hydroxylation sites is 1. The van der Waals surface area contributed by atoms with Crippen LogP contribution in [0.2, 0.25) is 5.02 Å². The van der Waals surface area contributed by atoms with E-state index >= 15 is 0 Å². The highest BCUT2D eigenvalue weighted by Gasteiger charge is 2.25. The molecule has 2 aromatic carbocycles. The molecule has 132 valence electrons. The molecule has 4 aromatic rings. The summed E-state index contributed by atoms with van der Waals surface area (Å²) in [4.78, 5) is 11.9. The normalized spacial score (nSPS) is 16.7. The number of aromatic nitrogens is 2. The average Bonchev–Trinajstić information content (AvgIpc) is 3.25. The number of oxazole rings is 1. The summed E-state index contributed by atoms with van der Waals surface area (Å²) in [6.45, 7) is 3.01. The lowest BCUT2D eigenvalue weighted by Crippen LogP contribution is -2.32. The zero-order valence-electron chi connectivity index (χ0n) is 14.2. The van der Waals surface area contributed by atoms with E-state index in [0.717, 1.165) is 55.0 Å². The van der Waals surface area contributed by atoms with Gasteiger partial charge >= 0.3 is 0 Å². The van der Waals surface area contributed by atoms with Crippen molar-refractivity contribution in [3.05, 3.63) is 58.4 Å². The highest BCUT2D eigenvalue weighted by Crippen LogP contribution is 2.32. The number of piperidine rings is 1. The lowest BCUT2D eigenvalue weighted by molar-refractivity contribution is 0.194. The Morgan fingerprint density at radius 2 is 1.92 bits per heavy atom. The van der Waals surface area contributed by atoms with Crippen molar-refractivity contribution in [2.45, 2.75) is 25.3 Å². The van der Waals surface area contributed by atoms with Gasteiger partial charge in [-0.05, 0) is 56.3 Å². The first-order valence-corrected chi connectivity index (χ1v) is 10.1. The fourth-order valence-electron chi connectivity index (χ4n) is 3.61. The predicted octanol–water partition coefficient (Wildman–Crippen LogP) is 5.47. The molecule has 6 heteroatoms. The highest BCUT2D eigenvalue weighted by atomic mass is 35.5. The third-order valence-corrected chi connectivity index (χ3v) is 6.26. The van der Waals surface area contributed by atoms with Crippen LogP contribution in [0.4, 0.5) is 0 Å². The first kappa shape index (κ1) is 16.2. The molecule has 1 aliphatic rings. The Labute approximate surface area is 160 Å². The maximum absolute atomic E-state index is 6.05. The van der Waals surface area contributed by atoms with Crippen molar-refractivity contribution in [2.24, 2.45) is 0 Å². The molecule has 0 radical (unpaired) electrons. The molecular weight excluding hydrogens is 366 g/mol. The summed E-state index contributed by atoms with van der Waals surface area (Å²) < 4.78 is 7.22. The molecule has 4 nitrogen and oxygen atoms in total. The minimum absolute atomic E-state index is 0.382. The average molecular weight is 384 g/mol. The van der Waals surface area contributed by atoms with Crippen LogP contribution in [-0.4, -0.2) is 28.0 Å². The molecular formula is C20H18ClN3OS. The minimum Gasteiger partial charge on any atom is -0.440 e. The molecule has 0 spiro atoms. The third kappa shape index (κ3) is 3.11. The van der Waals surface area contributed by atoms with Crippen molar-refractivity contribution in [2.75, 3.05) is 13.1 Å². The summed E-state index contributed by atoms with van der Waals surface area (Å²) in [6, 6.07) is 14.0. The number of hydrogen-bond donors (Lipinski definition) is 0. The molecule has 1 fully saturated rings. The van der Waals surface area contributed by atoms with Gasteiger partial charge in [0, 0.05) is 10.9 Å². The molecule has 0 bridgehead atoms. The van der Waals surface area contributed by atoms with Gasteiger partial charge in [-0.25, -0.2) is 9.97 Å². The highest BCUT2D eigenvalue weighted by molar-refractivity contribution is 7.18. The first-order valence-electron chi connectivity index (χ1n) is 8.87. The summed E-state index contributed by atoms with van der Waals surface area (Å²) in [5, 5.41) is 1.89. The van der Waals surface area contributed by atoms with Crippen LogP contribution >= 0.6 is 22.9 Å². The van der Waals surface area contributed by atoms with E-state index in [1.165, 1.54) is 9.71 Å². The molecule has 3 heterocycles. The van der Waals surface area contributed by atoms with Crippen molar-refractivity contribution >= 4 is 44.3 Å². The van der Waals surface area contributed by atoms with Crippen LogP contribution in [0.5, 0.6) is 0 Å². The molecule has 0 amide bonds. The van der Waals surface area contributed by atoms with Crippen molar-refractivity contribution in [3.63, 3.8) is 0 Å². The lowest BCUT2D eigenvalue weighted by Gasteiger charge is -2.29. The molecule has 0 aliphatic carbocycles. The van der Waals surface area contributed by atoms with Crippen LogP contribution in [0.25, 0.3) is 21.3 Å². The summed E-state index contributed by atoms with van der Waals surface area (Å²) in [5.41, 5.74) is 2.78. The molecule has 0 atom stereocenters. The van der Waals surface area contributed by atoms with E-state index in [-0.39, 0.29) is 0 Å². The molecule has 26 heavy (non-hydrogen) atoms. The van der Waals surface area contributed by atoms with E-state index in [1.807, 2.05) is 24.3 Å². The topological polar surface area (TPSA) is 42.2 Å². The number of thiazole rings is 1. The fraction of sp³-hybridized carbons (Fsp3) is 0.300. The molecule has 0 saturated carbocycles. The van der Waals surface area contributed by atoms with E-state index in [4.69, 9.17) is 21.0 Å². The Kier molecular flexibility index (Phi) is 4.15. The number of fused-ring (bicyclic) bond motifs is 2. The van der Waals surface area contributed by atoms with Crippen molar-refractivity contribution < 1.29 is 4.42 Å². The second kappa shape index (κ2) is 6.65. The summed E-state index contributed by atoms with van der Waals surface area (Å²) in [7, 11) is 0. The van der Waals surface area contributed by atoms with Crippen LogP contribution in [0.1, 0.15) is 29.7 Å². The zero-order chi connectivity index (χ0) is 17.5. The first-order chi connectivity index (χ1) is 12.7. The van der Waals surface area contributed by atoms with Crippen molar-refractivity contribution in [3.8, 4) is 0 Å². The van der Waals surface area contributed by atoms with Gasteiger partial charge in [-0.1, -0.05) is 23.7 Å². The zero-order valence-corrected chi connectivity index (χ0v) is 15.8. The standard InChI is InChI=1S/C20H18ClN3OS/c21-14-5-6-17-16(11-14)23-20(25-17)13-7-9-24(10-8-13)12-19-22-15-3-1-2-4-18(15)26-19/h1-6,11,13H,7-10,12H2. The molecule has 2 aromatic heterocycles. The minimum atomic E-state index is 0.382. The fourth-order valence-corrected chi connectivity index (χ4v) is 4.79. The van der Waals surface area contributed by atoms with Crippen LogP contribution in [-0.2, 0) is 6.54 Å². The van der Waals surface area contributed by atoms with Gasteiger partial charge in [-0.2, -0.15) is 0 Å². The number of benzene rings is 2. The molecule has 1 saturated heterocycles. The van der Waals surface area contributed by atoms with Crippen LogP contribution < -0.4 is 0 Å². The molecule has 0 unspecified atom stereocenters. The largest absolute Gasteiger partial charge is 0.440 e. The third-order valence-electron chi connectivity index (χ3n) is 5.00. The Bertz CT molecular complexity index is 1030. The maximum atomic E-state index is 6.05. The second-order valence-electron chi connectivity index (χ2n) is 6.79. The van der Waals surface area contributed by atoms with E-state index in [1.54, 1.807) is 11.3 Å². The number of nitrogens with zero attached hydrogens (tertiary/aromatic N) is 3. The summed E-state index contributed by atoms with van der Waals surface area (Å²) in [6.07, 6.45) is 2.12. The van der Waals surface area contributed by atoms with Crippen LogP contribution in [0.15, 0.2) is 46.9 Å². The Hall–Kier alpha value is -1.95. The van der Waals surface area contributed by atoms with Gasteiger partial charge < -0.3 is 4.42 Å². The monoisotopic (exact) mass is 383 g/mol. The second-order valence-corrected chi connectivity index (χ2v) is 8.34.